The van der Waals surface area contributed by atoms with Crippen LogP contribution in [-0.2, 0) is 9.53 Å². The van der Waals surface area contributed by atoms with Gasteiger partial charge in [-0.05, 0) is 19.3 Å². The number of hydrogen-bond acceptors (Lipinski definition) is 3. The molecule has 1 aliphatic carbocycles. The standard InChI is InChI=1S/C11H18N2O3/c1-3-16-10(15)13-8-4-7-12-9(14)11(2)5-6-11/h3H,1,4-8H2,2H3,(H,12,14)(H,13,15). The molecular weight excluding hydrogens is 208 g/mol. The summed E-state index contributed by atoms with van der Waals surface area (Å²) in [4.78, 5) is 22.3. The van der Waals surface area contributed by atoms with Gasteiger partial charge in [0.25, 0.3) is 0 Å². The number of alkyl carbamates (subject to hydrolysis) is 1. The largest absolute Gasteiger partial charge is 0.419 e. The maximum absolute atomic E-state index is 11.5. The van der Waals surface area contributed by atoms with Gasteiger partial charge in [-0.2, -0.15) is 0 Å². The highest BCUT2D eigenvalue weighted by Gasteiger charge is 2.44. The van der Waals surface area contributed by atoms with Gasteiger partial charge in [0.1, 0.15) is 0 Å². The molecule has 0 bridgehead atoms. The minimum atomic E-state index is -0.518. The normalized spacial score (nSPS) is 16.1. The first kappa shape index (κ1) is 12.5. The van der Waals surface area contributed by atoms with E-state index < -0.39 is 6.09 Å². The number of carbonyl (C=O) groups excluding carboxylic acids is 2. The Morgan fingerprint density at radius 1 is 1.38 bits per heavy atom. The van der Waals surface area contributed by atoms with Gasteiger partial charge in [0.2, 0.25) is 5.91 Å². The summed E-state index contributed by atoms with van der Waals surface area (Å²) in [5.41, 5.74) is -0.130. The first-order valence-electron chi connectivity index (χ1n) is 5.42. The van der Waals surface area contributed by atoms with E-state index in [0.717, 1.165) is 19.1 Å². The van der Waals surface area contributed by atoms with Crippen LogP contribution in [0.3, 0.4) is 0 Å². The number of ether oxygens (including phenoxy) is 1. The van der Waals surface area contributed by atoms with Crippen molar-refractivity contribution in [2.75, 3.05) is 13.1 Å². The van der Waals surface area contributed by atoms with Gasteiger partial charge < -0.3 is 15.4 Å². The Morgan fingerprint density at radius 2 is 2.00 bits per heavy atom. The molecule has 1 rings (SSSR count). The van der Waals surface area contributed by atoms with Crippen molar-refractivity contribution in [3.8, 4) is 0 Å². The van der Waals surface area contributed by atoms with Crippen molar-refractivity contribution in [3.05, 3.63) is 12.8 Å². The summed E-state index contributed by atoms with van der Waals surface area (Å²) in [6.07, 6.45) is 3.19. The van der Waals surface area contributed by atoms with Crippen LogP contribution in [0, 0.1) is 5.41 Å². The average molecular weight is 226 g/mol. The highest BCUT2D eigenvalue weighted by molar-refractivity contribution is 5.84. The molecule has 0 atom stereocenters. The van der Waals surface area contributed by atoms with E-state index in [2.05, 4.69) is 21.9 Å². The second kappa shape index (κ2) is 5.53. The van der Waals surface area contributed by atoms with Crippen molar-refractivity contribution in [2.24, 2.45) is 5.41 Å². The Kier molecular flexibility index (Phi) is 4.34. The highest BCUT2D eigenvalue weighted by Crippen LogP contribution is 2.44. The molecular formula is C11H18N2O3. The molecule has 1 aliphatic rings. The Labute approximate surface area is 95.2 Å². The maximum atomic E-state index is 11.5. The van der Waals surface area contributed by atoms with Crippen molar-refractivity contribution < 1.29 is 14.3 Å². The van der Waals surface area contributed by atoms with E-state index in [1.807, 2.05) is 6.92 Å². The van der Waals surface area contributed by atoms with E-state index in [1.54, 1.807) is 0 Å². The van der Waals surface area contributed by atoms with Crippen molar-refractivity contribution >= 4 is 12.0 Å². The number of rotatable bonds is 6. The van der Waals surface area contributed by atoms with Gasteiger partial charge in [0.05, 0.1) is 6.26 Å². The van der Waals surface area contributed by atoms with Crippen LogP contribution in [0.1, 0.15) is 26.2 Å². The van der Waals surface area contributed by atoms with E-state index in [-0.39, 0.29) is 11.3 Å². The fourth-order valence-electron chi connectivity index (χ4n) is 1.23. The predicted molar refractivity (Wildman–Crippen MR) is 59.6 cm³/mol. The van der Waals surface area contributed by atoms with Crippen LogP contribution in [0.15, 0.2) is 12.8 Å². The first-order chi connectivity index (χ1) is 7.58. The molecule has 0 aliphatic heterocycles. The third-order valence-electron chi connectivity index (χ3n) is 2.65. The highest BCUT2D eigenvalue weighted by atomic mass is 16.5. The van der Waals surface area contributed by atoms with Crippen molar-refractivity contribution in [3.63, 3.8) is 0 Å². The zero-order valence-corrected chi connectivity index (χ0v) is 9.54. The Hall–Kier alpha value is -1.52. The van der Waals surface area contributed by atoms with Gasteiger partial charge in [-0.3, -0.25) is 4.79 Å². The van der Waals surface area contributed by atoms with Crippen LogP contribution >= 0.6 is 0 Å². The topological polar surface area (TPSA) is 67.4 Å². The quantitative estimate of drug-likeness (QED) is 0.527. The molecule has 90 valence electrons. The molecule has 5 nitrogen and oxygen atoms in total. The zero-order chi connectivity index (χ0) is 12.0. The Morgan fingerprint density at radius 3 is 2.56 bits per heavy atom. The van der Waals surface area contributed by atoms with Crippen LogP contribution in [0.2, 0.25) is 0 Å². The lowest BCUT2D eigenvalue weighted by atomic mass is 10.1. The minimum absolute atomic E-state index is 0.112. The van der Waals surface area contributed by atoms with Gasteiger partial charge in [-0.25, -0.2) is 4.79 Å². The number of carbonyl (C=O) groups is 2. The molecule has 2 amide bonds. The summed E-state index contributed by atoms with van der Waals surface area (Å²) >= 11 is 0. The van der Waals surface area contributed by atoms with E-state index in [9.17, 15) is 9.59 Å². The lowest BCUT2D eigenvalue weighted by Crippen LogP contribution is -2.33. The fourth-order valence-corrected chi connectivity index (χ4v) is 1.23. The van der Waals surface area contributed by atoms with Crippen LogP contribution in [0.4, 0.5) is 4.79 Å². The summed E-state index contributed by atoms with van der Waals surface area (Å²) in [6.45, 7) is 6.27. The van der Waals surface area contributed by atoms with Gasteiger partial charge in [-0.1, -0.05) is 13.5 Å². The molecule has 0 aromatic rings. The Bertz CT molecular complexity index is 285. The molecule has 1 fully saturated rings. The van der Waals surface area contributed by atoms with Crippen molar-refractivity contribution in [1.29, 1.82) is 0 Å². The average Bonchev–Trinajstić information content (AvgIpc) is 2.97. The number of nitrogens with one attached hydrogen (secondary N) is 2. The molecule has 2 N–H and O–H groups in total. The van der Waals surface area contributed by atoms with Gasteiger partial charge >= 0.3 is 6.09 Å². The zero-order valence-electron chi connectivity index (χ0n) is 9.54. The molecule has 1 saturated carbocycles. The number of amides is 2. The molecule has 0 aromatic heterocycles. The smallest absolute Gasteiger partial charge is 0.411 e. The van der Waals surface area contributed by atoms with E-state index in [4.69, 9.17) is 0 Å². The molecule has 5 heteroatoms. The summed E-state index contributed by atoms with van der Waals surface area (Å²) in [5, 5.41) is 5.37. The van der Waals surface area contributed by atoms with Crippen LogP contribution < -0.4 is 10.6 Å². The molecule has 0 saturated heterocycles. The van der Waals surface area contributed by atoms with Crippen molar-refractivity contribution in [1.82, 2.24) is 10.6 Å². The SMILES string of the molecule is C=COC(=O)NCCCNC(=O)C1(C)CC1. The summed E-state index contributed by atoms with van der Waals surface area (Å²) in [6, 6.07) is 0. The molecule has 16 heavy (non-hydrogen) atoms. The van der Waals surface area contributed by atoms with Crippen LogP contribution in [-0.4, -0.2) is 25.1 Å². The first-order valence-corrected chi connectivity index (χ1v) is 5.42. The fraction of sp³-hybridized carbons (Fsp3) is 0.636. The van der Waals surface area contributed by atoms with E-state index in [1.165, 1.54) is 0 Å². The lowest BCUT2D eigenvalue weighted by molar-refractivity contribution is -0.125. The van der Waals surface area contributed by atoms with Gasteiger partial charge in [0.15, 0.2) is 0 Å². The van der Waals surface area contributed by atoms with Crippen LogP contribution in [0.25, 0.3) is 0 Å². The summed E-state index contributed by atoms with van der Waals surface area (Å²) < 4.78 is 4.46. The molecule has 0 aromatic carbocycles. The lowest BCUT2D eigenvalue weighted by Gasteiger charge is -2.09. The molecule has 0 radical (unpaired) electrons. The summed E-state index contributed by atoms with van der Waals surface area (Å²) in [7, 11) is 0. The van der Waals surface area contributed by atoms with E-state index in [0.29, 0.717) is 19.5 Å². The second-order valence-electron chi connectivity index (χ2n) is 4.17. The van der Waals surface area contributed by atoms with Crippen molar-refractivity contribution in [2.45, 2.75) is 26.2 Å². The predicted octanol–water partition coefficient (Wildman–Crippen LogP) is 1.16. The maximum Gasteiger partial charge on any atom is 0.411 e. The van der Waals surface area contributed by atoms with Gasteiger partial charge in [0, 0.05) is 18.5 Å². The molecule has 0 unspecified atom stereocenters. The molecule has 0 heterocycles. The van der Waals surface area contributed by atoms with Gasteiger partial charge in [-0.15, -0.1) is 0 Å². The Balaban J connectivity index is 1.97. The second-order valence-corrected chi connectivity index (χ2v) is 4.17. The van der Waals surface area contributed by atoms with Crippen LogP contribution in [0.5, 0.6) is 0 Å². The molecule has 0 spiro atoms. The number of hydrogen-bond donors (Lipinski definition) is 2. The summed E-state index contributed by atoms with van der Waals surface area (Å²) in [5.74, 6) is 0.112. The third-order valence-corrected chi connectivity index (χ3v) is 2.65. The van der Waals surface area contributed by atoms with E-state index >= 15 is 0 Å². The third kappa shape index (κ3) is 3.92. The minimum Gasteiger partial charge on any atom is -0.419 e. The monoisotopic (exact) mass is 226 g/mol.